The Morgan fingerprint density at radius 3 is 2.91 bits per heavy atom. The van der Waals surface area contributed by atoms with Crippen LogP contribution < -0.4 is 15.4 Å². The van der Waals surface area contributed by atoms with Gasteiger partial charge in [-0.3, -0.25) is 4.79 Å². The van der Waals surface area contributed by atoms with Gasteiger partial charge < -0.3 is 19.8 Å². The maximum Gasteiger partial charge on any atom is 0.387 e. The first kappa shape index (κ1) is 15.5. The molecule has 7 heteroatoms. The van der Waals surface area contributed by atoms with E-state index in [4.69, 9.17) is 10.2 Å². The van der Waals surface area contributed by atoms with Gasteiger partial charge in [-0.1, -0.05) is 0 Å². The zero-order valence-electron chi connectivity index (χ0n) is 12.3. The molecular formula is C16H16F2N2O3. The van der Waals surface area contributed by atoms with E-state index in [1.165, 1.54) is 12.3 Å². The molecule has 1 aromatic carbocycles. The molecule has 2 heterocycles. The Morgan fingerprint density at radius 1 is 1.39 bits per heavy atom. The van der Waals surface area contributed by atoms with E-state index in [0.29, 0.717) is 30.0 Å². The average molecular weight is 322 g/mol. The fourth-order valence-corrected chi connectivity index (χ4v) is 2.72. The van der Waals surface area contributed by atoms with Gasteiger partial charge in [0.05, 0.1) is 12.1 Å². The molecule has 2 aromatic rings. The van der Waals surface area contributed by atoms with Crippen LogP contribution in [0.25, 0.3) is 0 Å². The predicted molar refractivity (Wildman–Crippen MR) is 79.7 cm³/mol. The number of rotatable bonds is 4. The standard InChI is InChI=1S/C16H16F2N2O3/c17-16(18)23-12-3-4-14-10(6-12)2-1-5-20(14)15(21)11-7-13(8-19)22-9-11/h3-4,6-7,9,16H,1-2,5,8,19H2. The molecule has 3 rings (SSSR count). The Hall–Kier alpha value is -2.41. The molecule has 0 bridgehead atoms. The monoisotopic (exact) mass is 322 g/mol. The van der Waals surface area contributed by atoms with Crippen molar-refractivity contribution < 1.29 is 22.7 Å². The van der Waals surface area contributed by atoms with Crippen LogP contribution in [0.1, 0.15) is 28.1 Å². The number of halogens is 2. The molecule has 0 radical (unpaired) electrons. The molecule has 5 nitrogen and oxygen atoms in total. The zero-order valence-corrected chi connectivity index (χ0v) is 12.3. The van der Waals surface area contributed by atoms with Crippen molar-refractivity contribution in [1.29, 1.82) is 0 Å². The lowest BCUT2D eigenvalue weighted by Gasteiger charge is -2.29. The smallest absolute Gasteiger partial charge is 0.387 e. The van der Waals surface area contributed by atoms with Crippen molar-refractivity contribution in [3.8, 4) is 5.75 Å². The first-order valence-corrected chi connectivity index (χ1v) is 7.25. The van der Waals surface area contributed by atoms with Gasteiger partial charge >= 0.3 is 6.61 Å². The molecule has 23 heavy (non-hydrogen) atoms. The lowest BCUT2D eigenvalue weighted by Crippen LogP contribution is -2.35. The van der Waals surface area contributed by atoms with Crippen molar-refractivity contribution in [3.63, 3.8) is 0 Å². The average Bonchev–Trinajstić information content (AvgIpc) is 3.02. The Morgan fingerprint density at radius 2 is 2.22 bits per heavy atom. The van der Waals surface area contributed by atoms with Gasteiger partial charge in [-0.15, -0.1) is 0 Å². The van der Waals surface area contributed by atoms with Crippen LogP contribution in [-0.2, 0) is 13.0 Å². The number of aryl methyl sites for hydroxylation is 1. The number of benzene rings is 1. The number of nitrogens with zero attached hydrogens (tertiary/aromatic N) is 1. The number of alkyl halides is 2. The second-order valence-electron chi connectivity index (χ2n) is 5.24. The number of furan rings is 1. The minimum atomic E-state index is -2.87. The molecule has 0 spiro atoms. The molecule has 0 saturated carbocycles. The van der Waals surface area contributed by atoms with Crippen molar-refractivity contribution in [2.75, 3.05) is 11.4 Å². The highest BCUT2D eigenvalue weighted by molar-refractivity contribution is 6.06. The van der Waals surface area contributed by atoms with Gasteiger partial charge in [-0.25, -0.2) is 0 Å². The first-order valence-electron chi connectivity index (χ1n) is 7.25. The highest BCUT2D eigenvalue weighted by Gasteiger charge is 2.25. The molecular weight excluding hydrogens is 306 g/mol. The maximum absolute atomic E-state index is 12.6. The molecule has 1 aromatic heterocycles. The fourth-order valence-electron chi connectivity index (χ4n) is 2.72. The summed E-state index contributed by atoms with van der Waals surface area (Å²) in [6, 6.07) is 6.25. The molecule has 1 aliphatic heterocycles. The third-order valence-electron chi connectivity index (χ3n) is 3.74. The summed E-state index contributed by atoms with van der Waals surface area (Å²) < 4.78 is 34.2. The van der Waals surface area contributed by atoms with E-state index in [0.717, 1.165) is 12.0 Å². The summed E-state index contributed by atoms with van der Waals surface area (Å²) >= 11 is 0. The molecule has 1 aliphatic rings. The number of fused-ring (bicyclic) bond motifs is 1. The van der Waals surface area contributed by atoms with Gasteiger partial charge in [-0.05, 0) is 42.7 Å². The quantitative estimate of drug-likeness (QED) is 0.940. The van der Waals surface area contributed by atoms with Crippen molar-refractivity contribution in [2.24, 2.45) is 5.73 Å². The molecule has 0 aliphatic carbocycles. The number of nitrogens with two attached hydrogens (primary N) is 1. The summed E-state index contributed by atoms with van der Waals surface area (Å²) in [6.07, 6.45) is 2.84. The number of hydrogen-bond donors (Lipinski definition) is 1. The third-order valence-corrected chi connectivity index (χ3v) is 3.74. The number of anilines is 1. The summed E-state index contributed by atoms with van der Waals surface area (Å²) in [6.45, 7) is -2.09. The second kappa shape index (κ2) is 6.37. The van der Waals surface area contributed by atoms with Crippen LogP contribution in [-0.4, -0.2) is 19.1 Å². The molecule has 0 atom stereocenters. The molecule has 0 fully saturated rings. The van der Waals surface area contributed by atoms with E-state index in [-0.39, 0.29) is 18.2 Å². The summed E-state index contributed by atoms with van der Waals surface area (Å²) in [5.74, 6) is 0.435. The zero-order chi connectivity index (χ0) is 16.4. The maximum atomic E-state index is 12.6. The van der Waals surface area contributed by atoms with Crippen LogP contribution in [0.2, 0.25) is 0 Å². The van der Waals surface area contributed by atoms with Gasteiger partial charge in [0.25, 0.3) is 5.91 Å². The van der Waals surface area contributed by atoms with E-state index in [2.05, 4.69) is 4.74 Å². The minimum Gasteiger partial charge on any atom is -0.467 e. The van der Waals surface area contributed by atoms with E-state index in [1.807, 2.05) is 0 Å². The van der Waals surface area contributed by atoms with E-state index in [9.17, 15) is 13.6 Å². The van der Waals surface area contributed by atoms with Crippen LogP contribution in [0.3, 0.4) is 0 Å². The minimum absolute atomic E-state index is 0.0989. The van der Waals surface area contributed by atoms with Gasteiger partial charge in [0.1, 0.15) is 17.8 Å². The second-order valence-corrected chi connectivity index (χ2v) is 5.24. The SMILES string of the molecule is NCc1cc(C(=O)N2CCCc3cc(OC(F)F)ccc32)co1. The largest absolute Gasteiger partial charge is 0.467 e. The predicted octanol–water partition coefficient (Wildman–Crippen LogP) is 2.93. The van der Waals surface area contributed by atoms with E-state index >= 15 is 0 Å². The molecule has 2 N–H and O–H groups in total. The summed E-state index contributed by atoms with van der Waals surface area (Å²) in [5.41, 5.74) is 7.42. The Kier molecular flexibility index (Phi) is 4.29. The highest BCUT2D eigenvalue weighted by Crippen LogP contribution is 2.32. The van der Waals surface area contributed by atoms with Crippen LogP contribution in [0.15, 0.2) is 34.9 Å². The molecule has 0 unspecified atom stereocenters. The van der Waals surface area contributed by atoms with Gasteiger partial charge in [0.2, 0.25) is 0 Å². The molecule has 122 valence electrons. The van der Waals surface area contributed by atoms with Crippen LogP contribution in [0.4, 0.5) is 14.5 Å². The third kappa shape index (κ3) is 3.19. The van der Waals surface area contributed by atoms with Crippen molar-refractivity contribution in [3.05, 3.63) is 47.4 Å². The summed E-state index contributed by atoms with van der Waals surface area (Å²) in [4.78, 5) is 14.2. The van der Waals surface area contributed by atoms with Crippen LogP contribution in [0, 0.1) is 0 Å². The van der Waals surface area contributed by atoms with E-state index < -0.39 is 6.61 Å². The van der Waals surface area contributed by atoms with Crippen molar-refractivity contribution in [2.45, 2.75) is 26.0 Å². The Bertz CT molecular complexity index is 715. The number of hydrogen-bond acceptors (Lipinski definition) is 4. The van der Waals surface area contributed by atoms with E-state index in [1.54, 1.807) is 23.1 Å². The normalized spacial score (nSPS) is 14.0. The van der Waals surface area contributed by atoms with Crippen molar-refractivity contribution >= 4 is 11.6 Å². The number of carbonyl (C=O) groups excluding carboxylic acids is 1. The first-order chi connectivity index (χ1) is 11.1. The van der Waals surface area contributed by atoms with Crippen molar-refractivity contribution in [1.82, 2.24) is 0 Å². The lowest BCUT2D eigenvalue weighted by atomic mass is 10.0. The van der Waals surface area contributed by atoms with Crippen LogP contribution >= 0.6 is 0 Å². The lowest BCUT2D eigenvalue weighted by molar-refractivity contribution is -0.0498. The van der Waals surface area contributed by atoms with Gasteiger partial charge in [0.15, 0.2) is 0 Å². The Balaban J connectivity index is 1.87. The summed E-state index contributed by atoms with van der Waals surface area (Å²) in [5, 5.41) is 0. The number of amides is 1. The number of ether oxygens (including phenoxy) is 1. The summed E-state index contributed by atoms with van der Waals surface area (Å²) in [7, 11) is 0. The Labute approximate surface area is 131 Å². The number of carbonyl (C=O) groups is 1. The molecule has 1 amide bonds. The molecule has 0 saturated heterocycles. The van der Waals surface area contributed by atoms with Gasteiger partial charge in [0, 0.05) is 12.2 Å². The van der Waals surface area contributed by atoms with Crippen LogP contribution in [0.5, 0.6) is 5.75 Å². The fraction of sp³-hybridized carbons (Fsp3) is 0.312. The van der Waals surface area contributed by atoms with Gasteiger partial charge in [-0.2, -0.15) is 8.78 Å². The highest BCUT2D eigenvalue weighted by atomic mass is 19.3. The topological polar surface area (TPSA) is 68.7 Å².